The monoisotopic (exact) mass is 282 g/mol. The van der Waals surface area contributed by atoms with Crippen LogP contribution in [0.25, 0.3) is 11.0 Å². The third-order valence-electron chi connectivity index (χ3n) is 3.50. The third-order valence-corrected chi connectivity index (χ3v) is 4.03. The van der Waals surface area contributed by atoms with Crippen molar-refractivity contribution in [1.82, 2.24) is 9.55 Å². The SMILES string of the molecule is CC1CC(n2c(=S)[nH]c3cc(Cl)ccc32)CCO1. The van der Waals surface area contributed by atoms with Gasteiger partial charge in [0.05, 0.1) is 17.1 Å². The summed E-state index contributed by atoms with van der Waals surface area (Å²) in [5.74, 6) is 0. The molecule has 1 aromatic carbocycles. The van der Waals surface area contributed by atoms with E-state index in [0.29, 0.717) is 12.1 Å². The van der Waals surface area contributed by atoms with Crippen molar-refractivity contribution in [1.29, 1.82) is 0 Å². The number of rotatable bonds is 1. The number of H-pyrrole nitrogens is 1. The Balaban J connectivity index is 2.10. The maximum Gasteiger partial charge on any atom is 0.178 e. The van der Waals surface area contributed by atoms with Gasteiger partial charge in [-0.3, -0.25) is 0 Å². The third kappa shape index (κ3) is 2.09. The molecule has 1 aromatic heterocycles. The Kier molecular flexibility index (Phi) is 3.18. The Morgan fingerprint density at radius 2 is 2.33 bits per heavy atom. The highest BCUT2D eigenvalue weighted by molar-refractivity contribution is 7.71. The Morgan fingerprint density at radius 3 is 3.11 bits per heavy atom. The van der Waals surface area contributed by atoms with E-state index in [9.17, 15) is 0 Å². The van der Waals surface area contributed by atoms with Crippen LogP contribution in [0.3, 0.4) is 0 Å². The van der Waals surface area contributed by atoms with Gasteiger partial charge >= 0.3 is 0 Å². The number of nitrogens with zero attached hydrogens (tertiary/aromatic N) is 1. The van der Waals surface area contributed by atoms with Crippen molar-refractivity contribution in [3.63, 3.8) is 0 Å². The summed E-state index contributed by atoms with van der Waals surface area (Å²) < 4.78 is 8.58. The first kappa shape index (κ1) is 12.2. The molecule has 0 saturated carbocycles. The number of nitrogens with one attached hydrogen (secondary N) is 1. The molecule has 1 N–H and O–H groups in total. The molecule has 0 radical (unpaired) electrons. The van der Waals surface area contributed by atoms with Crippen molar-refractivity contribution >= 4 is 34.9 Å². The van der Waals surface area contributed by atoms with Crippen LogP contribution in [-0.2, 0) is 4.74 Å². The van der Waals surface area contributed by atoms with Crippen LogP contribution in [0.1, 0.15) is 25.8 Å². The first-order valence-corrected chi connectivity index (χ1v) is 6.95. The van der Waals surface area contributed by atoms with Gasteiger partial charge in [-0.05, 0) is 50.2 Å². The highest BCUT2D eigenvalue weighted by atomic mass is 35.5. The lowest BCUT2D eigenvalue weighted by Gasteiger charge is -2.28. The largest absolute Gasteiger partial charge is 0.378 e. The maximum absolute atomic E-state index is 6.01. The minimum atomic E-state index is 0.294. The van der Waals surface area contributed by atoms with Crippen molar-refractivity contribution in [2.24, 2.45) is 0 Å². The van der Waals surface area contributed by atoms with Gasteiger partial charge in [0.1, 0.15) is 0 Å². The van der Waals surface area contributed by atoms with Crippen LogP contribution in [-0.4, -0.2) is 22.3 Å². The Labute approximate surface area is 116 Å². The van der Waals surface area contributed by atoms with Gasteiger partial charge in [-0.2, -0.15) is 0 Å². The average molecular weight is 283 g/mol. The molecule has 1 fully saturated rings. The Morgan fingerprint density at radius 1 is 1.50 bits per heavy atom. The van der Waals surface area contributed by atoms with E-state index in [0.717, 1.165) is 40.3 Å². The molecular formula is C13H15ClN2OS. The molecule has 1 aliphatic heterocycles. The fraction of sp³-hybridized carbons (Fsp3) is 0.462. The van der Waals surface area contributed by atoms with E-state index in [4.69, 9.17) is 28.6 Å². The molecule has 96 valence electrons. The van der Waals surface area contributed by atoms with Gasteiger partial charge in [0, 0.05) is 17.7 Å². The van der Waals surface area contributed by atoms with Crippen molar-refractivity contribution in [3.05, 3.63) is 28.0 Å². The van der Waals surface area contributed by atoms with Gasteiger partial charge in [-0.15, -0.1) is 0 Å². The van der Waals surface area contributed by atoms with E-state index < -0.39 is 0 Å². The fourth-order valence-electron chi connectivity index (χ4n) is 2.67. The highest BCUT2D eigenvalue weighted by Crippen LogP contribution is 2.29. The van der Waals surface area contributed by atoms with Gasteiger partial charge in [-0.25, -0.2) is 0 Å². The molecule has 0 bridgehead atoms. The summed E-state index contributed by atoms with van der Waals surface area (Å²) >= 11 is 11.4. The molecular weight excluding hydrogens is 268 g/mol. The molecule has 1 saturated heterocycles. The zero-order valence-electron chi connectivity index (χ0n) is 10.1. The second kappa shape index (κ2) is 4.68. The number of halogens is 1. The topological polar surface area (TPSA) is 29.9 Å². The standard InChI is InChI=1S/C13H15ClN2OS/c1-8-6-10(4-5-17-8)16-12-3-2-9(14)7-11(12)15-13(16)18/h2-3,7-8,10H,4-6H2,1H3,(H,15,18). The zero-order chi connectivity index (χ0) is 12.7. The molecule has 0 amide bonds. The minimum absolute atomic E-state index is 0.294. The fourth-order valence-corrected chi connectivity index (χ4v) is 3.20. The van der Waals surface area contributed by atoms with E-state index in [2.05, 4.69) is 16.5 Å². The summed E-state index contributed by atoms with van der Waals surface area (Å²) in [5.41, 5.74) is 2.13. The Hall–Kier alpha value is -0.840. The molecule has 18 heavy (non-hydrogen) atoms. The molecule has 2 aromatic rings. The lowest BCUT2D eigenvalue weighted by molar-refractivity contribution is 0.00647. The molecule has 1 aliphatic rings. The van der Waals surface area contributed by atoms with Gasteiger partial charge in [0.25, 0.3) is 0 Å². The number of fused-ring (bicyclic) bond motifs is 1. The summed E-state index contributed by atoms with van der Waals surface area (Å²) in [6, 6.07) is 6.28. The summed E-state index contributed by atoms with van der Waals surface area (Å²) in [6.07, 6.45) is 2.31. The van der Waals surface area contributed by atoms with E-state index in [1.807, 2.05) is 18.2 Å². The first-order valence-electron chi connectivity index (χ1n) is 6.16. The number of benzene rings is 1. The van der Waals surface area contributed by atoms with E-state index >= 15 is 0 Å². The van der Waals surface area contributed by atoms with Crippen LogP contribution < -0.4 is 0 Å². The number of hydrogen-bond acceptors (Lipinski definition) is 2. The number of ether oxygens (including phenoxy) is 1. The lowest BCUT2D eigenvalue weighted by atomic mass is 10.0. The highest BCUT2D eigenvalue weighted by Gasteiger charge is 2.22. The number of aromatic amines is 1. The normalized spacial score (nSPS) is 24.6. The average Bonchev–Trinajstić information content (AvgIpc) is 2.64. The quantitative estimate of drug-likeness (QED) is 0.799. The molecule has 5 heteroatoms. The zero-order valence-corrected chi connectivity index (χ0v) is 11.7. The predicted molar refractivity (Wildman–Crippen MR) is 75.8 cm³/mol. The van der Waals surface area contributed by atoms with Gasteiger partial charge in [-0.1, -0.05) is 11.6 Å². The minimum Gasteiger partial charge on any atom is -0.378 e. The second-order valence-corrected chi connectivity index (χ2v) is 5.64. The van der Waals surface area contributed by atoms with E-state index in [1.54, 1.807) is 0 Å². The summed E-state index contributed by atoms with van der Waals surface area (Å²) in [4.78, 5) is 3.23. The molecule has 3 nitrogen and oxygen atoms in total. The van der Waals surface area contributed by atoms with E-state index in [1.165, 1.54) is 0 Å². The molecule has 2 heterocycles. The predicted octanol–water partition coefficient (Wildman–Crippen LogP) is 4.09. The number of imidazole rings is 1. The molecule has 0 spiro atoms. The first-order chi connectivity index (χ1) is 8.65. The maximum atomic E-state index is 6.01. The van der Waals surface area contributed by atoms with Crippen LogP contribution >= 0.6 is 23.8 Å². The van der Waals surface area contributed by atoms with Crippen molar-refractivity contribution in [2.75, 3.05) is 6.61 Å². The van der Waals surface area contributed by atoms with Crippen LogP contribution in [0.2, 0.25) is 5.02 Å². The molecule has 0 aliphatic carbocycles. The molecule has 3 rings (SSSR count). The number of aromatic nitrogens is 2. The summed E-state index contributed by atoms with van der Waals surface area (Å²) in [5, 5.41) is 0.728. The Bertz CT molecular complexity index is 633. The van der Waals surface area contributed by atoms with Gasteiger partial charge in [0.2, 0.25) is 0 Å². The van der Waals surface area contributed by atoms with Crippen molar-refractivity contribution in [3.8, 4) is 0 Å². The second-order valence-electron chi connectivity index (χ2n) is 4.82. The molecule has 2 atom stereocenters. The lowest BCUT2D eigenvalue weighted by Crippen LogP contribution is -2.25. The van der Waals surface area contributed by atoms with Crippen LogP contribution in [0.5, 0.6) is 0 Å². The van der Waals surface area contributed by atoms with Gasteiger partial charge in [0.15, 0.2) is 4.77 Å². The van der Waals surface area contributed by atoms with Gasteiger partial charge < -0.3 is 14.3 Å². The summed E-state index contributed by atoms with van der Waals surface area (Å²) in [6.45, 7) is 2.91. The molecule has 2 unspecified atom stereocenters. The van der Waals surface area contributed by atoms with Crippen LogP contribution in [0, 0.1) is 4.77 Å². The summed E-state index contributed by atoms with van der Waals surface area (Å²) in [7, 11) is 0. The smallest absolute Gasteiger partial charge is 0.178 e. The van der Waals surface area contributed by atoms with Crippen LogP contribution in [0.15, 0.2) is 18.2 Å². The van der Waals surface area contributed by atoms with Crippen LogP contribution in [0.4, 0.5) is 0 Å². The van der Waals surface area contributed by atoms with E-state index in [-0.39, 0.29) is 0 Å². The van der Waals surface area contributed by atoms with Crippen molar-refractivity contribution < 1.29 is 4.74 Å². The van der Waals surface area contributed by atoms with Crippen molar-refractivity contribution in [2.45, 2.75) is 31.9 Å². The number of hydrogen-bond donors (Lipinski definition) is 1.